The first kappa shape index (κ1) is 12.7. The molecule has 1 aliphatic carbocycles. The molecule has 0 aromatic carbocycles. The summed E-state index contributed by atoms with van der Waals surface area (Å²) in [4.78, 5) is 11.3. The summed E-state index contributed by atoms with van der Waals surface area (Å²) >= 11 is 0. The second kappa shape index (κ2) is 5.08. The molecule has 0 spiro atoms. The van der Waals surface area contributed by atoms with Gasteiger partial charge < -0.3 is 9.47 Å². The number of ketones is 1. The zero-order valence-electron chi connectivity index (χ0n) is 10.2. The number of hydrogen-bond acceptors (Lipinski definition) is 3. The van der Waals surface area contributed by atoms with Gasteiger partial charge in [0.25, 0.3) is 0 Å². The van der Waals surface area contributed by atoms with Crippen LogP contribution in [0, 0.1) is 0 Å². The van der Waals surface area contributed by atoms with Crippen LogP contribution in [0.5, 0.6) is 0 Å². The first-order chi connectivity index (χ1) is 7.00. The highest BCUT2D eigenvalue weighted by Gasteiger charge is 2.43. The van der Waals surface area contributed by atoms with Gasteiger partial charge in [0.05, 0.1) is 11.7 Å². The van der Waals surface area contributed by atoms with Gasteiger partial charge in [0.15, 0.2) is 5.78 Å². The summed E-state index contributed by atoms with van der Waals surface area (Å²) in [5, 5.41) is 0. The summed E-state index contributed by atoms with van der Waals surface area (Å²) in [5.41, 5.74) is -0.154. The largest absolute Gasteiger partial charge is 0.369 e. The molecule has 1 saturated carbocycles. The van der Waals surface area contributed by atoms with E-state index in [1.54, 1.807) is 0 Å². The highest BCUT2D eigenvalue weighted by atomic mass is 16.6. The molecule has 88 valence electrons. The summed E-state index contributed by atoms with van der Waals surface area (Å²) < 4.78 is 11.3. The van der Waals surface area contributed by atoms with Gasteiger partial charge in [-0.3, -0.25) is 4.79 Å². The minimum atomic E-state index is -0.309. The predicted octanol–water partition coefficient (Wildman–Crippen LogP) is 2.33. The molecule has 0 N–H and O–H groups in total. The van der Waals surface area contributed by atoms with Crippen molar-refractivity contribution in [2.75, 3.05) is 6.61 Å². The van der Waals surface area contributed by atoms with Gasteiger partial charge in [-0.1, -0.05) is 13.8 Å². The minimum absolute atomic E-state index is 0.0287. The van der Waals surface area contributed by atoms with Gasteiger partial charge in [-0.25, -0.2) is 0 Å². The third-order valence-electron chi connectivity index (χ3n) is 2.88. The van der Waals surface area contributed by atoms with Crippen molar-refractivity contribution in [1.29, 1.82) is 0 Å². The number of Topliss-reactive ketones (excluding diaryl/α,β-unsaturated/α-hetero) is 1. The van der Waals surface area contributed by atoms with Gasteiger partial charge in [0.1, 0.15) is 6.10 Å². The first-order valence-electron chi connectivity index (χ1n) is 5.82. The molecule has 0 radical (unpaired) electrons. The molecule has 0 aromatic rings. The number of carbonyl (C=O) groups is 1. The quantitative estimate of drug-likeness (QED) is 0.680. The standard InChI is InChI=1S/C12H22O3/c1-5-7-14-11-9(13)8-10(11)15-12(3,4)6-2/h10-11H,5-8H2,1-4H3. The number of carbonyl (C=O) groups excluding carboxylic acids is 1. The molecule has 1 rings (SSSR count). The molecule has 3 heteroatoms. The second-order valence-corrected chi connectivity index (χ2v) is 4.73. The van der Waals surface area contributed by atoms with E-state index in [0.29, 0.717) is 13.0 Å². The van der Waals surface area contributed by atoms with E-state index in [2.05, 4.69) is 6.92 Å². The summed E-state index contributed by atoms with van der Waals surface area (Å²) in [6.45, 7) is 8.86. The van der Waals surface area contributed by atoms with E-state index in [9.17, 15) is 4.79 Å². The van der Waals surface area contributed by atoms with E-state index in [0.717, 1.165) is 12.8 Å². The molecule has 0 bridgehead atoms. The third-order valence-corrected chi connectivity index (χ3v) is 2.88. The monoisotopic (exact) mass is 214 g/mol. The van der Waals surface area contributed by atoms with Crippen molar-refractivity contribution >= 4 is 5.78 Å². The average Bonchev–Trinajstić information content (AvgIpc) is 2.17. The van der Waals surface area contributed by atoms with E-state index < -0.39 is 0 Å². The van der Waals surface area contributed by atoms with E-state index in [1.807, 2.05) is 20.8 Å². The molecule has 0 aromatic heterocycles. The Bertz CT molecular complexity index is 223. The van der Waals surface area contributed by atoms with Crippen molar-refractivity contribution in [2.24, 2.45) is 0 Å². The fraction of sp³-hybridized carbons (Fsp3) is 0.917. The van der Waals surface area contributed by atoms with Gasteiger partial charge in [-0.05, 0) is 26.7 Å². The Morgan fingerprint density at radius 2 is 2.07 bits per heavy atom. The van der Waals surface area contributed by atoms with Crippen LogP contribution in [-0.2, 0) is 14.3 Å². The van der Waals surface area contributed by atoms with E-state index >= 15 is 0 Å². The van der Waals surface area contributed by atoms with Crippen LogP contribution < -0.4 is 0 Å². The highest BCUT2D eigenvalue weighted by molar-refractivity contribution is 5.90. The van der Waals surface area contributed by atoms with Crippen molar-refractivity contribution in [3.63, 3.8) is 0 Å². The van der Waals surface area contributed by atoms with E-state index in [1.165, 1.54) is 0 Å². The molecular weight excluding hydrogens is 192 g/mol. The molecule has 1 fully saturated rings. The molecule has 1 aliphatic rings. The predicted molar refractivity (Wildman–Crippen MR) is 58.9 cm³/mol. The minimum Gasteiger partial charge on any atom is -0.369 e. The Labute approximate surface area is 92.1 Å². The SMILES string of the molecule is CCCOC1C(=O)CC1OC(C)(C)CC. The van der Waals surface area contributed by atoms with Gasteiger partial charge in [0, 0.05) is 13.0 Å². The molecule has 0 heterocycles. The Morgan fingerprint density at radius 1 is 1.40 bits per heavy atom. The molecule has 15 heavy (non-hydrogen) atoms. The van der Waals surface area contributed by atoms with Crippen LogP contribution in [0.15, 0.2) is 0 Å². The molecule has 0 aliphatic heterocycles. The number of ether oxygens (including phenoxy) is 2. The van der Waals surface area contributed by atoms with Crippen LogP contribution in [0.4, 0.5) is 0 Å². The molecule has 2 unspecified atom stereocenters. The number of rotatable bonds is 6. The Morgan fingerprint density at radius 3 is 2.53 bits per heavy atom. The third kappa shape index (κ3) is 3.28. The average molecular weight is 214 g/mol. The fourth-order valence-corrected chi connectivity index (χ4v) is 1.51. The van der Waals surface area contributed by atoms with E-state index in [4.69, 9.17) is 9.47 Å². The highest BCUT2D eigenvalue weighted by Crippen LogP contribution is 2.28. The molecule has 2 atom stereocenters. The summed E-state index contributed by atoms with van der Waals surface area (Å²) in [6, 6.07) is 0. The van der Waals surface area contributed by atoms with Gasteiger partial charge >= 0.3 is 0 Å². The maximum atomic E-state index is 11.3. The lowest BCUT2D eigenvalue weighted by atomic mass is 9.89. The lowest BCUT2D eigenvalue weighted by molar-refractivity contribution is -0.186. The van der Waals surface area contributed by atoms with Gasteiger partial charge in [-0.15, -0.1) is 0 Å². The van der Waals surface area contributed by atoms with Crippen LogP contribution >= 0.6 is 0 Å². The molecule has 0 amide bonds. The fourth-order valence-electron chi connectivity index (χ4n) is 1.51. The van der Waals surface area contributed by atoms with Crippen molar-refractivity contribution < 1.29 is 14.3 Å². The number of hydrogen-bond donors (Lipinski definition) is 0. The van der Waals surface area contributed by atoms with Crippen LogP contribution in [0.3, 0.4) is 0 Å². The second-order valence-electron chi connectivity index (χ2n) is 4.73. The lowest BCUT2D eigenvalue weighted by Crippen LogP contribution is -2.53. The smallest absolute Gasteiger partial charge is 0.166 e. The molecular formula is C12H22O3. The maximum Gasteiger partial charge on any atom is 0.166 e. The van der Waals surface area contributed by atoms with Crippen molar-refractivity contribution in [1.82, 2.24) is 0 Å². The van der Waals surface area contributed by atoms with E-state index in [-0.39, 0.29) is 23.6 Å². The Hall–Kier alpha value is -0.410. The Kier molecular flexibility index (Phi) is 4.29. The topological polar surface area (TPSA) is 35.5 Å². The normalized spacial score (nSPS) is 26.5. The summed E-state index contributed by atoms with van der Waals surface area (Å²) in [5.74, 6) is 0.181. The zero-order chi connectivity index (χ0) is 11.5. The van der Waals surface area contributed by atoms with Gasteiger partial charge in [-0.2, -0.15) is 0 Å². The van der Waals surface area contributed by atoms with Crippen LogP contribution in [0.2, 0.25) is 0 Å². The van der Waals surface area contributed by atoms with Crippen molar-refractivity contribution in [3.05, 3.63) is 0 Å². The van der Waals surface area contributed by atoms with Crippen molar-refractivity contribution in [2.45, 2.75) is 64.8 Å². The van der Waals surface area contributed by atoms with Crippen LogP contribution in [0.25, 0.3) is 0 Å². The Balaban J connectivity index is 2.40. The first-order valence-corrected chi connectivity index (χ1v) is 5.82. The molecule has 0 saturated heterocycles. The zero-order valence-corrected chi connectivity index (χ0v) is 10.2. The van der Waals surface area contributed by atoms with Crippen LogP contribution in [0.1, 0.15) is 47.0 Å². The lowest BCUT2D eigenvalue weighted by Gasteiger charge is -2.39. The van der Waals surface area contributed by atoms with Crippen LogP contribution in [-0.4, -0.2) is 30.2 Å². The maximum absolute atomic E-state index is 11.3. The van der Waals surface area contributed by atoms with Crippen molar-refractivity contribution in [3.8, 4) is 0 Å². The summed E-state index contributed by atoms with van der Waals surface area (Å²) in [6.07, 6.45) is 2.05. The summed E-state index contributed by atoms with van der Waals surface area (Å²) in [7, 11) is 0. The van der Waals surface area contributed by atoms with Gasteiger partial charge in [0.2, 0.25) is 0 Å². The molecule has 3 nitrogen and oxygen atoms in total.